The molecule has 0 aliphatic rings. The molecule has 4 aromatic heterocycles. The number of carbonyl (C=O) groups is 1. The van der Waals surface area contributed by atoms with Gasteiger partial charge in [-0.15, -0.1) is 0 Å². The van der Waals surface area contributed by atoms with Crippen LogP contribution in [-0.2, 0) is 11.2 Å². The van der Waals surface area contributed by atoms with E-state index in [-0.39, 0.29) is 12.3 Å². The first-order valence-electron chi connectivity index (χ1n) is 7.71. The van der Waals surface area contributed by atoms with Crippen LogP contribution in [0, 0.1) is 0 Å². The lowest BCUT2D eigenvalue weighted by Crippen LogP contribution is -2.10. The van der Waals surface area contributed by atoms with Crippen molar-refractivity contribution in [2.24, 2.45) is 0 Å². The molecular weight excluding hydrogens is 340 g/mol. The first-order chi connectivity index (χ1) is 12.2. The Balaban J connectivity index is 1.46. The zero-order valence-electron chi connectivity index (χ0n) is 13.1. The Labute approximate surface area is 147 Å². The topological polar surface area (TPSA) is 80.8 Å². The molecule has 124 valence electrons. The Morgan fingerprint density at radius 3 is 3.00 bits per heavy atom. The number of halogens is 1. The van der Waals surface area contributed by atoms with Gasteiger partial charge in [0.25, 0.3) is 0 Å². The second-order valence-electron chi connectivity index (χ2n) is 5.50. The average molecular weight is 353 g/mol. The summed E-state index contributed by atoms with van der Waals surface area (Å²) in [6.45, 7) is 0.234. The van der Waals surface area contributed by atoms with Gasteiger partial charge < -0.3 is 9.72 Å². The molecule has 6 nitrogen and oxygen atoms in total. The van der Waals surface area contributed by atoms with Crippen molar-refractivity contribution in [3.63, 3.8) is 0 Å². The molecule has 0 saturated heterocycles. The molecule has 0 bridgehead atoms. The second kappa shape index (κ2) is 6.49. The summed E-state index contributed by atoms with van der Waals surface area (Å²) in [6.07, 6.45) is 5.36. The molecule has 4 rings (SSSR count). The number of esters is 1. The minimum Gasteiger partial charge on any atom is -0.461 e. The zero-order valence-corrected chi connectivity index (χ0v) is 13.8. The smallest absolute Gasteiger partial charge is 0.357 e. The van der Waals surface area contributed by atoms with Crippen molar-refractivity contribution < 1.29 is 9.53 Å². The van der Waals surface area contributed by atoms with Crippen molar-refractivity contribution >= 4 is 39.5 Å². The van der Waals surface area contributed by atoms with Crippen molar-refractivity contribution in [3.8, 4) is 0 Å². The quantitative estimate of drug-likeness (QED) is 0.568. The molecular formula is C18H13ClN4O2. The second-order valence-corrected chi connectivity index (χ2v) is 5.94. The average Bonchev–Trinajstić information content (AvgIpc) is 3.03. The molecule has 0 amide bonds. The number of pyridine rings is 3. The molecule has 0 aromatic carbocycles. The highest BCUT2D eigenvalue weighted by Crippen LogP contribution is 2.18. The molecule has 0 aliphatic heterocycles. The fraction of sp³-hybridized carbons (Fsp3) is 0.111. The maximum atomic E-state index is 12.3. The highest BCUT2D eigenvalue weighted by atomic mass is 35.5. The Hall–Kier alpha value is -2.99. The largest absolute Gasteiger partial charge is 0.461 e. The predicted molar refractivity (Wildman–Crippen MR) is 94.6 cm³/mol. The van der Waals surface area contributed by atoms with Crippen molar-refractivity contribution in [2.75, 3.05) is 6.61 Å². The number of nitrogens with one attached hydrogen (secondary N) is 1. The number of nitrogens with zero attached hydrogens (tertiary/aromatic N) is 3. The number of hydrogen-bond donors (Lipinski definition) is 1. The normalized spacial score (nSPS) is 11.1. The Bertz CT molecular complexity index is 1070. The summed E-state index contributed by atoms with van der Waals surface area (Å²) in [5, 5.41) is 2.19. The number of rotatable bonds is 4. The minimum atomic E-state index is -0.462. The fourth-order valence-electron chi connectivity index (χ4n) is 2.67. The summed E-state index contributed by atoms with van der Waals surface area (Å²) in [7, 11) is 0. The molecule has 0 aliphatic carbocycles. The van der Waals surface area contributed by atoms with E-state index in [2.05, 4.69) is 19.9 Å². The van der Waals surface area contributed by atoms with Crippen LogP contribution in [0.15, 0.2) is 48.9 Å². The number of aromatic nitrogens is 4. The summed E-state index contributed by atoms with van der Waals surface area (Å²) in [6, 6.07) is 9.11. The lowest BCUT2D eigenvalue weighted by molar-refractivity contribution is 0.0504. The third-order valence-electron chi connectivity index (χ3n) is 3.82. The number of fused-ring (bicyclic) bond motifs is 2. The van der Waals surface area contributed by atoms with E-state index in [4.69, 9.17) is 16.3 Å². The first kappa shape index (κ1) is 15.5. The molecule has 4 aromatic rings. The third-order valence-corrected chi connectivity index (χ3v) is 4.03. The molecule has 7 heteroatoms. The maximum absolute atomic E-state index is 12.3. The standard InChI is InChI=1S/C18H13ClN4O2/c19-12-8-11-9-13(23-17(11)22-10-12)4-7-25-18(24)16-14-2-1-5-20-15(14)3-6-21-16/h1-3,5-6,8-10H,4,7H2,(H,22,23). The van der Waals surface area contributed by atoms with Gasteiger partial charge in [0.05, 0.1) is 17.1 Å². The molecule has 4 heterocycles. The summed E-state index contributed by atoms with van der Waals surface area (Å²) < 4.78 is 5.36. The van der Waals surface area contributed by atoms with Gasteiger partial charge in [0, 0.05) is 41.5 Å². The van der Waals surface area contributed by atoms with E-state index >= 15 is 0 Å². The first-order valence-corrected chi connectivity index (χ1v) is 8.08. The van der Waals surface area contributed by atoms with E-state index in [1.807, 2.05) is 12.1 Å². The van der Waals surface area contributed by atoms with Crippen LogP contribution in [0.1, 0.15) is 16.2 Å². The molecule has 0 radical (unpaired) electrons. The molecule has 0 spiro atoms. The summed E-state index contributed by atoms with van der Waals surface area (Å²) in [5.41, 5.74) is 2.66. The van der Waals surface area contributed by atoms with Crippen LogP contribution in [0.4, 0.5) is 0 Å². The van der Waals surface area contributed by atoms with Crippen molar-refractivity contribution in [3.05, 3.63) is 65.3 Å². The third kappa shape index (κ3) is 3.16. The number of aromatic amines is 1. The van der Waals surface area contributed by atoms with Gasteiger partial charge in [0.2, 0.25) is 0 Å². The lowest BCUT2D eigenvalue weighted by Gasteiger charge is -2.05. The van der Waals surface area contributed by atoms with E-state index in [0.717, 1.165) is 16.7 Å². The van der Waals surface area contributed by atoms with Crippen LogP contribution in [0.2, 0.25) is 5.02 Å². The highest BCUT2D eigenvalue weighted by Gasteiger charge is 2.13. The highest BCUT2D eigenvalue weighted by molar-refractivity contribution is 6.31. The summed E-state index contributed by atoms with van der Waals surface area (Å²) >= 11 is 5.93. The maximum Gasteiger partial charge on any atom is 0.357 e. The van der Waals surface area contributed by atoms with E-state index in [9.17, 15) is 4.79 Å². The molecule has 1 N–H and O–H groups in total. The molecule has 0 atom stereocenters. The Morgan fingerprint density at radius 2 is 2.08 bits per heavy atom. The van der Waals surface area contributed by atoms with Crippen LogP contribution in [-0.4, -0.2) is 32.5 Å². The van der Waals surface area contributed by atoms with E-state index in [1.54, 1.807) is 36.8 Å². The van der Waals surface area contributed by atoms with Gasteiger partial charge in [0.15, 0.2) is 5.69 Å². The van der Waals surface area contributed by atoms with Gasteiger partial charge >= 0.3 is 5.97 Å². The Morgan fingerprint density at radius 1 is 1.16 bits per heavy atom. The summed E-state index contributed by atoms with van der Waals surface area (Å²) in [4.78, 5) is 28.0. The van der Waals surface area contributed by atoms with Crippen LogP contribution in [0.25, 0.3) is 21.9 Å². The van der Waals surface area contributed by atoms with Crippen molar-refractivity contribution in [2.45, 2.75) is 6.42 Å². The minimum absolute atomic E-state index is 0.234. The van der Waals surface area contributed by atoms with Crippen LogP contribution < -0.4 is 0 Å². The van der Waals surface area contributed by atoms with Gasteiger partial charge in [0.1, 0.15) is 5.65 Å². The van der Waals surface area contributed by atoms with Gasteiger partial charge in [-0.2, -0.15) is 0 Å². The van der Waals surface area contributed by atoms with Crippen LogP contribution in [0.5, 0.6) is 0 Å². The molecule has 0 unspecified atom stereocenters. The van der Waals surface area contributed by atoms with E-state index in [0.29, 0.717) is 22.3 Å². The van der Waals surface area contributed by atoms with Crippen molar-refractivity contribution in [1.29, 1.82) is 0 Å². The van der Waals surface area contributed by atoms with Gasteiger partial charge in [-0.05, 0) is 30.3 Å². The van der Waals surface area contributed by atoms with Crippen molar-refractivity contribution in [1.82, 2.24) is 19.9 Å². The SMILES string of the molecule is O=C(OCCc1cc2cc(Cl)cnc2[nH]1)c1nccc2ncccc12. The number of carbonyl (C=O) groups excluding carboxylic acids is 1. The lowest BCUT2D eigenvalue weighted by atomic mass is 10.2. The van der Waals surface area contributed by atoms with E-state index < -0.39 is 5.97 Å². The number of hydrogen-bond acceptors (Lipinski definition) is 5. The van der Waals surface area contributed by atoms with Gasteiger partial charge in [-0.1, -0.05) is 11.6 Å². The number of ether oxygens (including phenoxy) is 1. The van der Waals surface area contributed by atoms with Gasteiger partial charge in [-0.25, -0.2) is 14.8 Å². The van der Waals surface area contributed by atoms with E-state index in [1.165, 1.54) is 0 Å². The van der Waals surface area contributed by atoms with Crippen LogP contribution in [0.3, 0.4) is 0 Å². The Kier molecular flexibility index (Phi) is 4.03. The monoisotopic (exact) mass is 352 g/mol. The molecule has 0 fully saturated rings. The molecule has 25 heavy (non-hydrogen) atoms. The summed E-state index contributed by atoms with van der Waals surface area (Å²) in [5.74, 6) is -0.462. The van der Waals surface area contributed by atoms with Gasteiger partial charge in [-0.3, -0.25) is 4.98 Å². The molecule has 0 saturated carbocycles. The zero-order chi connectivity index (χ0) is 17.2. The predicted octanol–water partition coefficient (Wildman–Crippen LogP) is 3.56. The fourth-order valence-corrected chi connectivity index (χ4v) is 2.83. The van der Waals surface area contributed by atoms with Crippen LogP contribution >= 0.6 is 11.6 Å². The number of H-pyrrole nitrogens is 1.